The Morgan fingerprint density at radius 3 is 2.40 bits per heavy atom. The molecule has 1 aromatic rings. The minimum absolute atomic E-state index is 0.246. The zero-order valence-electron chi connectivity index (χ0n) is 13.9. The van der Waals surface area contributed by atoms with Crippen molar-refractivity contribution in [2.45, 2.75) is 65.5 Å². The van der Waals surface area contributed by atoms with Gasteiger partial charge in [0.1, 0.15) is 0 Å². The average Bonchev–Trinajstić information content (AvgIpc) is 2.97. The van der Waals surface area contributed by atoms with Crippen LogP contribution in [0, 0.1) is 0 Å². The van der Waals surface area contributed by atoms with Crippen LogP contribution in [0.2, 0.25) is 0 Å². The molecular weight excluding hydrogens is 264 g/mol. The smallest absolute Gasteiger partial charge is 0.0331 e. The molecule has 0 aromatic carbocycles. The highest BCUT2D eigenvalue weighted by atomic mass is 32.1. The number of hydrogen-bond donors (Lipinski definition) is 1. The van der Waals surface area contributed by atoms with Gasteiger partial charge < -0.3 is 5.32 Å². The van der Waals surface area contributed by atoms with Gasteiger partial charge in [-0.15, -0.1) is 0 Å². The molecule has 1 heterocycles. The summed E-state index contributed by atoms with van der Waals surface area (Å²) >= 11 is 1.80. The third-order valence-electron chi connectivity index (χ3n) is 4.70. The molecule has 1 N–H and O–H groups in total. The van der Waals surface area contributed by atoms with Gasteiger partial charge in [0, 0.05) is 11.6 Å². The predicted octanol–water partition coefficient (Wildman–Crippen LogP) is 4.17. The minimum atomic E-state index is 0.246. The van der Waals surface area contributed by atoms with Crippen molar-refractivity contribution >= 4 is 11.3 Å². The van der Waals surface area contributed by atoms with Crippen LogP contribution in [0.5, 0.6) is 0 Å². The summed E-state index contributed by atoms with van der Waals surface area (Å²) in [5.41, 5.74) is 1.73. The SMILES string of the molecule is CCNC(CCc1ccsc1)C(C)(CC)N(CC)CC. The van der Waals surface area contributed by atoms with E-state index in [1.807, 2.05) is 0 Å². The summed E-state index contributed by atoms with van der Waals surface area (Å²) in [5.74, 6) is 0. The number of thiophene rings is 1. The molecule has 0 fully saturated rings. The Hall–Kier alpha value is -0.380. The van der Waals surface area contributed by atoms with Crippen molar-refractivity contribution in [2.24, 2.45) is 0 Å². The van der Waals surface area contributed by atoms with Crippen molar-refractivity contribution < 1.29 is 0 Å². The maximum Gasteiger partial charge on any atom is 0.0331 e. The highest BCUT2D eigenvalue weighted by Gasteiger charge is 2.36. The lowest BCUT2D eigenvalue weighted by molar-refractivity contribution is 0.0674. The summed E-state index contributed by atoms with van der Waals surface area (Å²) in [6, 6.07) is 2.81. The molecule has 2 unspecified atom stereocenters. The molecule has 1 aromatic heterocycles. The first-order chi connectivity index (χ1) is 9.62. The Morgan fingerprint density at radius 2 is 1.95 bits per heavy atom. The molecule has 0 saturated heterocycles. The molecule has 0 saturated carbocycles. The Morgan fingerprint density at radius 1 is 1.25 bits per heavy atom. The second kappa shape index (κ2) is 8.81. The molecular formula is C17H32N2S. The molecule has 0 amide bonds. The molecule has 2 nitrogen and oxygen atoms in total. The second-order valence-electron chi connectivity index (χ2n) is 5.66. The molecule has 0 aliphatic carbocycles. The van der Waals surface area contributed by atoms with Gasteiger partial charge in [-0.05, 0) is 68.2 Å². The first-order valence-corrected chi connectivity index (χ1v) is 9.06. The van der Waals surface area contributed by atoms with Crippen LogP contribution in [0.3, 0.4) is 0 Å². The second-order valence-corrected chi connectivity index (χ2v) is 6.44. The summed E-state index contributed by atoms with van der Waals surface area (Å²) in [6.07, 6.45) is 3.58. The van der Waals surface area contributed by atoms with Crippen LogP contribution < -0.4 is 5.32 Å². The Bertz CT molecular complexity index is 346. The molecule has 20 heavy (non-hydrogen) atoms. The van der Waals surface area contributed by atoms with Crippen LogP contribution in [0.1, 0.15) is 53.0 Å². The number of aryl methyl sites for hydroxylation is 1. The fraction of sp³-hybridized carbons (Fsp3) is 0.765. The molecule has 0 spiro atoms. The van der Waals surface area contributed by atoms with Crippen molar-refractivity contribution in [3.63, 3.8) is 0 Å². The Kier molecular flexibility index (Phi) is 7.78. The Labute approximate surface area is 129 Å². The van der Waals surface area contributed by atoms with Crippen LogP contribution in [0.25, 0.3) is 0 Å². The number of hydrogen-bond acceptors (Lipinski definition) is 3. The first kappa shape index (κ1) is 17.7. The Balaban J connectivity index is 2.79. The highest BCUT2D eigenvalue weighted by molar-refractivity contribution is 7.07. The van der Waals surface area contributed by atoms with E-state index >= 15 is 0 Å². The number of likely N-dealkylation sites (N-methyl/N-ethyl adjacent to an activating group) is 2. The lowest BCUT2D eigenvalue weighted by atomic mass is 9.83. The van der Waals surface area contributed by atoms with Gasteiger partial charge in [-0.2, -0.15) is 11.3 Å². The van der Waals surface area contributed by atoms with Crippen molar-refractivity contribution in [1.29, 1.82) is 0 Å². The van der Waals surface area contributed by atoms with E-state index < -0.39 is 0 Å². The summed E-state index contributed by atoms with van der Waals surface area (Å²) in [5, 5.41) is 8.21. The van der Waals surface area contributed by atoms with E-state index in [9.17, 15) is 0 Å². The molecule has 0 bridgehead atoms. The van der Waals surface area contributed by atoms with Gasteiger partial charge in [-0.25, -0.2) is 0 Å². The maximum absolute atomic E-state index is 3.75. The fourth-order valence-corrected chi connectivity index (χ4v) is 3.96. The average molecular weight is 297 g/mol. The van der Waals surface area contributed by atoms with E-state index in [0.29, 0.717) is 6.04 Å². The van der Waals surface area contributed by atoms with Gasteiger partial charge in [0.15, 0.2) is 0 Å². The van der Waals surface area contributed by atoms with Gasteiger partial charge >= 0.3 is 0 Å². The van der Waals surface area contributed by atoms with Crippen LogP contribution in [0.15, 0.2) is 16.8 Å². The normalized spacial score (nSPS) is 16.3. The van der Waals surface area contributed by atoms with Crippen molar-refractivity contribution in [3.05, 3.63) is 22.4 Å². The molecule has 0 aliphatic heterocycles. The van der Waals surface area contributed by atoms with E-state index in [1.54, 1.807) is 11.3 Å². The quantitative estimate of drug-likeness (QED) is 0.697. The van der Waals surface area contributed by atoms with Crippen LogP contribution in [0.4, 0.5) is 0 Å². The lowest BCUT2D eigenvalue weighted by Crippen LogP contribution is -2.59. The van der Waals surface area contributed by atoms with Crippen LogP contribution in [-0.2, 0) is 6.42 Å². The monoisotopic (exact) mass is 296 g/mol. The van der Waals surface area contributed by atoms with E-state index in [2.05, 4.69) is 61.7 Å². The standard InChI is InChI=1S/C17H32N2S/c1-6-17(5,19(8-3)9-4)16(18-7-2)11-10-15-12-13-20-14-15/h12-14,16,18H,6-11H2,1-5H3. The van der Waals surface area contributed by atoms with E-state index in [-0.39, 0.29) is 5.54 Å². The number of nitrogens with zero attached hydrogens (tertiary/aromatic N) is 1. The van der Waals surface area contributed by atoms with E-state index in [0.717, 1.165) is 19.6 Å². The third-order valence-corrected chi connectivity index (χ3v) is 5.44. The third kappa shape index (κ3) is 4.31. The van der Waals surface area contributed by atoms with E-state index in [1.165, 1.54) is 24.8 Å². The lowest BCUT2D eigenvalue weighted by Gasteiger charge is -2.46. The zero-order chi connectivity index (χ0) is 15.0. The van der Waals surface area contributed by atoms with E-state index in [4.69, 9.17) is 0 Å². The molecule has 1 rings (SSSR count). The minimum Gasteiger partial charge on any atom is -0.312 e. The number of nitrogens with one attached hydrogen (secondary N) is 1. The largest absolute Gasteiger partial charge is 0.312 e. The van der Waals surface area contributed by atoms with Gasteiger partial charge in [0.2, 0.25) is 0 Å². The number of rotatable bonds is 10. The predicted molar refractivity (Wildman–Crippen MR) is 91.7 cm³/mol. The highest BCUT2D eigenvalue weighted by Crippen LogP contribution is 2.27. The molecule has 116 valence electrons. The maximum atomic E-state index is 3.75. The summed E-state index contributed by atoms with van der Waals surface area (Å²) in [4.78, 5) is 2.62. The van der Waals surface area contributed by atoms with Gasteiger partial charge in [-0.1, -0.05) is 27.7 Å². The van der Waals surface area contributed by atoms with Gasteiger partial charge in [0.25, 0.3) is 0 Å². The summed E-state index contributed by atoms with van der Waals surface area (Å²) in [6.45, 7) is 14.8. The van der Waals surface area contributed by atoms with Crippen LogP contribution >= 0.6 is 11.3 Å². The van der Waals surface area contributed by atoms with Gasteiger partial charge in [0.05, 0.1) is 0 Å². The van der Waals surface area contributed by atoms with Gasteiger partial charge in [-0.3, -0.25) is 4.90 Å². The molecule has 3 heteroatoms. The molecule has 0 radical (unpaired) electrons. The fourth-order valence-electron chi connectivity index (χ4n) is 3.26. The van der Waals surface area contributed by atoms with Crippen LogP contribution in [-0.4, -0.2) is 36.1 Å². The topological polar surface area (TPSA) is 15.3 Å². The zero-order valence-corrected chi connectivity index (χ0v) is 14.7. The van der Waals surface area contributed by atoms with Crippen molar-refractivity contribution in [3.8, 4) is 0 Å². The van der Waals surface area contributed by atoms with Crippen molar-refractivity contribution in [2.75, 3.05) is 19.6 Å². The molecule has 2 atom stereocenters. The molecule has 0 aliphatic rings. The first-order valence-electron chi connectivity index (χ1n) is 8.11. The summed E-state index contributed by atoms with van der Waals surface area (Å²) < 4.78 is 0. The van der Waals surface area contributed by atoms with Crippen molar-refractivity contribution in [1.82, 2.24) is 10.2 Å². The summed E-state index contributed by atoms with van der Waals surface area (Å²) in [7, 11) is 0.